The van der Waals surface area contributed by atoms with E-state index in [0.29, 0.717) is 5.92 Å². The Labute approximate surface area is 119 Å². The molecule has 0 saturated carbocycles. The zero-order chi connectivity index (χ0) is 14.0. The van der Waals surface area contributed by atoms with Gasteiger partial charge >= 0.3 is 6.09 Å². The minimum atomic E-state index is -0.422. The van der Waals surface area contributed by atoms with Crippen LogP contribution < -0.4 is 0 Å². The molecule has 19 heavy (non-hydrogen) atoms. The second-order valence-corrected chi connectivity index (χ2v) is 6.52. The average Bonchev–Trinajstić information content (AvgIpc) is 2.20. The van der Waals surface area contributed by atoms with Crippen LogP contribution in [0.4, 0.5) is 4.79 Å². The molecule has 4 heteroatoms. The Morgan fingerprint density at radius 2 is 2.11 bits per heavy atom. The summed E-state index contributed by atoms with van der Waals surface area (Å²) in [5.41, 5.74) is 0.802. The number of ether oxygens (including phenoxy) is 1. The zero-order valence-corrected chi connectivity index (χ0v) is 12.4. The normalized spacial score (nSPS) is 16.1. The van der Waals surface area contributed by atoms with Gasteiger partial charge in [0.2, 0.25) is 0 Å². The number of rotatable bonds is 2. The van der Waals surface area contributed by atoms with E-state index < -0.39 is 5.60 Å². The summed E-state index contributed by atoms with van der Waals surface area (Å²) in [6.45, 7) is 7.18. The lowest BCUT2D eigenvalue weighted by molar-refractivity contribution is -0.000877. The van der Waals surface area contributed by atoms with Crippen LogP contribution in [0.15, 0.2) is 24.3 Å². The van der Waals surface area contributed by atoms with E-state index in [9.17, 15) is 4.79 Å². The van der Waals surface area contributed by atoms with Crippen molar-refractivity contribution in [3.63, 3.8) is 0 Å². The van der Waals surface area contributed by atoms with Crippen molar-refractivity contribution in [1.29, 1.82) is 0 Å². The van der Waals surface area contributed by atoms with Crippen molar-refractivity contribution in [2.45, 2.75) is 32.8 Å². The number of amides is 1. The Morgan fingerprint density at radius 1 is 1.42 bits per heavy atom. The first kappa shape index (κ1) is 14.2. The number of nitrogens with zero attached hydrogens (tertiary/aromatic N) is 1. The Bertz CT molecular complexity index is 461. The number of hydrogen-bond donors (Lipinski definition) is 0. The van der Waals surface area contributed by atoms with Crippen LogP contribution in [-0.2, 0) is 11.2 Å². The monoisotopic (exact) mass is 281 g/mol. The van der Waals surface area contributed by atoms with Gasteiger partial charge in [-0.25, -0.2) is 4.79 Å². The van der Waals surface area contributed by atoms with Crippen molar-refractivity contribution in [3.05, 3.63) is 34.9 Å². The lowest BCUT2D eigenvalue weighted by atomic mass is 9.93. The molecule has 0 aromatic heterocycles. The topological polar surface area (TPSA) is 29.5 Å². The van der Waals surface area contributed by atoms with E-state index in [1.54, 1.807) is 4.90 Å². The van der Waals surface area contributed by atoms with Gasteiger partial charge in [0.05, 0.1) is 0 Å². The van der Waals surface area contributed by atoms with Gasteiger partial charge in [0, 0.05) is 18.1 Å². The molecule has 0 aliphatic carbocycles. The molecule has 0 radical (unpaired) electrons. The summed E-state index contributed by atoms with van der Waals surface area (Å²) in [6, 6.07) is 7.89. The minimum absolute atomic E-state index is 0.213. The maximum Gasteiger partial charge on any atom is 0.410 e. The fourth-order valence-electron chi connectivity index (χ4n) is 2.17. The molecule has 1 fully saturated rings. The zero-order valence-electron chi connectivity index (χ0n) is 11.6. The Hall–Kier alpha value is -1.22. The molecule has 1 saturated heterocycles. The third-order valence-electron chi connectivity index (χ3n) is 3.02. The molecule has 0 bridgehead atoms. The van der Waals surface area contributed by atoms with Crippen LogP contribution in [0.25, 0.3) is 0 Å². The van der Waals surface area contributed by atoms with Crippen LogP contribution in [0.5, 0.6) is 0 Å². The smallest absolute Gasteiger partial charge is 0.410 e. The molecule has 1 heterocycles. The van der Waals surface area contributed by atoms with Gasteiger partial charge in [0.1, 0.15) is 5.60 Å². The van der Waals surface area contributed by atoms with Crippen molar-refractivity contribution in [2.24, 2.45) is 5.92 Å². The lowest BCUT2D eigenvalue weighted by Gasteiger charge is -2.39. The minimum Gasteiger partial charge on any atom is -0.444 e. The van der Waals surface area contributed by atoms with Gasteiger partial charge in [0.25, 0.3) is 0 Å². The summed E-state index contributed by atoms with van der Waals surface area (Å²) in [7, 11) is 0. The third-order valence-corrected chi connectivity index (χ3v) is 3.26. The van der Waals surface area contributed by atoms with Gasteiger partial charge in [-0.1, -0.05) is 23.7 Å². The predicted molar refractivity (Wildman–Crippen MR) is 76.5 cm³/mol. The van der Waals surface area contributed by atoms with Gasteiger partial charge in [-0.05, 0) is 50.8 Å². The summed E-state index contributed by atoms with van der Waals surface area (Å²) in [5.74, 6) is 0.506. The molecule has 0 unspecified atom stereocenters. The van der Waals surface area contributed by atoms with Gasteiger partial charge in [-0.15, -0.1) is 0 Å². The standard InChI is InChI=1S/C15H20ClNO2/c1-15(2,3)19-14(18)17-9-12(10-17)7-11-5-4-6-13(16)8-11/h4-6,8,12H,7,9-10H2,1-3H3. The second-order valence-electron chi connectivity index (χ2n) is 6.09. The predicted octanol–water partition coefficient (Wildman–Crippen LogP) is 3.75. The summed E-state index contributed by atoms with van der Waals surface area (Å²) >= 11 is 5.96. The number of halogens is 1. The van der Waals surface area contributed by atoms with E-state index in [1.165, 1.54) is 5.56 Å². The molecule has 1 aliphatic rings. The summed E-state index contributed by atoms with van der Waals surface area (Å²) in [4.78, 5) is 13.5. The fraction of sp³-hybridized carbons (Fsp3) is 0.533. The average molecular weight is 282 g/mol. The van der Waals surface area contributed by atoms with Crippen molar-refractivity contribution in [2.75, 3.05) is 13.1 Å². The van der Waals surface area contributed by atoms with Gasteiger partial charge < -0.3 is 9.64 Å². The Balaban J connectivity index is 1.79. The highest BCUT2D eigenvalue weighted by Gasteiger charge is 2.33. The first-order valence-corrected chi connectivity index (χ1v) is 6.94. The number of carbonyl (C=O) groups excluding carboxylic acids is 1. The van der Waals surface area contributed by atoms with Crippen molar-refractivity contribution in [1.82, 2.24) is 4.90 Å². The molecule has 3 nitrogen and oxygen atoms in total. The number of benzene rings is 1. The molecule has 1 amide bonds. The molecule has 0 spiro atoms. The molecule has 0 atom stereocenters. The highest BCUT2D eigenvalue weighted by atomic mass is 35.5. The Kier molecular flexibility index (Phi) is 4.04. The largest absolute Gasteiger partial charge is 0.444 e. The van der Waals surface area contributed by atoms with E-state index in [-0.39, 0.29) is 6.09 Å². The molecule has 104 valence electrons. The van der Waals surface area contributed by atoms with Crippen molar-refractivity contribution in [3.8, 4) is 0 Å². The number of likely N-dealkylation sites (tertiary alicyclic amines) is 1. The SMILES string of the molecule is CC(C)(C)OC(=O)N1CC(Cc2cccc(Cl)c2)C1. The van der Waals surface area contributed by atoms with Gasteiger partial charge in [0.15, 0.2) is 0 Å². The molecular weight excluding hydrogens is 262 g/mol. The van der Waals surface area contributed by atoms with E-state index in [1.807, 2.05) is 39.0 Å². The fourth-order valence-corrected chi connectivity index (χ4v) is 2.38. The van der Waals surface area contributed by atoms with Crippen LogP contribution in [-0.4, -0.2) is 29.7 Å². The van der Waals surface area contributed by atoms with Gasteiger partial charge in [-0.2, -0.15) is 0 Å². The van der Waals surface area contributed by atoms with Crippen LogP contribution in [0.2, 0.25) is 5.02 Å². The van der Waals surface area contributed by atoms with Crippen LogP contribution >= 0.6 is 11.6 Å². The highest BCUT2D eigenvalue weighted by Crippen LogP contribution is 2.23. The molecule has 1 aromatic rings. The number of carbonyl (C=O) groups is 1. The molecule has 2 rings (SSSR count). The summed E-state index contributed by atoms with van der Waals surface area (Å²) in [6.07, 6.45) is 0.745. The van der Waals surface area contributed by atoms with E-state index in [4.69, 9.17) is 16.3 Å². The maximum absolute atomic E-state index is 11.8. The van der Waals surface area contributed by atoms with Gasteiger partial charge in [-0.3, -0.25) is 0 Å². The summed E-state index contributed by atoms with van der Waals surface area (Å²) in [5, 5.41) is 0.765. The lowest BCUT2D eigenvalue weighted by Crippen LogP contribution is -2.52. The van der Waals surface area contributed by atoms with E-state index in [2.05, 4.69) is 6.07 Å². The highest BCUT2D eigenvalue weighted by molar-refractivity contribution is 6.30. The molecular formula is C15H20ClNO2. The molecule has 1 aliphatic heterocycles. The van der Waals surface area contributed by atoms with Crippen LogP contribution in [0.1, 0.15) is 26.3 Å². The number of hydrogen-bond acceptors (Lipinski definition) is 2. The maximum atomic E-state index is 11.8. The van der Waals surface area contributed by atoms with E-state index in [0.717, 1.165) is 24.5 Å². The third kappa shape index (κ3) is 4.13. The molecule has 0 N–H and O–H groups in total. The van der Waals surface area contributed by atoms with Crippen molar-refractivity contribution < 1.29 is 9.53 Å². The molecule has 1 aromatic carbocycles. The van der Waals surface area contributed by atoms with Crippen LogP contribution in [0, 0.1) is 5.92 Å². The Morgan fingerprint density at radius 3 is 2.68 bits per heavy atom. The quantitative estimate of drug-likeness (QED) is 0.826. The second kappa shape index (κ2) is 5.41. The first-order chi connectivity index (χ1) is 8.83. The first-order valence-electron chi connectivity index (χ1n) is 6.56. The van der Waals surface area contributed by atoms with E-state index >= 15 is 0 Å². The van der Waals surface area contributed by atoms with Crippen LogP contribution in [0.3, 0.4) is 0 Å². The summed E-state index contributed by atoms with van der Waals surface area (Å²) < 4.78 is 5.33. The van der Waals surface area contributed by atoms with Crippen molar-refractivity contribution >= 4 is 17.7 Å².